The number of carboxylic acids is 6. The molecule has 2 N–H and O–H groups in total. The molecule has 0 bridgehead atoms. The first-order valence-electron chi connectivity index (χ1n) is 18.9. The first-order chi connectivity index (χ1) is 31.7. The second-order valence-corrected chi connectivity index (χ2v) is 13.0. The minimum absolute atomic E-state index is 0. The summed E-state index contributed by atoms with van der Waals surface area (Å²) < 4.78 is 0. The number of nitrogens with zero attached hydrogens (tertiary/aromatic N) is 6. The van der Waals surface area contributed by atoms with E-state index in [0.29, 0.717) is 11.1 Å². The van der Waals surface area contributed by atoms with Gasteiger partial charge in [-0.2, -0.15) is 0 Å². The van der Waals surface area contributed by atoms with Crippen LogP contribution in [0.2, 0.25) is 0 Å². The van der Waals surface area contributed by atoms with E-state index in [1.165, 1.54) is 36.4 Å². The van der Waals surface area contributed by atoms with E-state index >= 15 is 0 Å². The normalized spacial score (nSPS) is 9.65. The summed E-state index contributed by atoms with van der Waals surface area (Å²) >= 11 is 0. The van der Waals surface area contributed by atoms with Crippen LogP contribution in [-0.2, 0) is 39.0 Å². The fraction of sp³-hybridized carbons (Fsp3) is 0. The molecular weight excluding hydrogens is 983 g/mol. The van der Waals surface area contributed by atoms with E-state index in [0.717, 1.165) is 59.4 Å². The van der Waals surface area contributed by atoms with Crippen LogP contribution in [0.3, 0.4) is 0 Å². The van der Waals surface area contributed by atoms with Gasteiger partial charge >= 0.3 is 50.9 Å². The summed E-state index contributed by atoms with van der Waals surface area (Å²) in [7, 11) is 0. The first kappa shape index (κ1) is 53.7. The Balaban J connectivity index is 0.000000245. The summed E-state index contributed by atoms with van der Waals surface area (Å²) in [6.07, 6.45) is 9.39. The Labute approximate surface area is 411 Å². The van der Waals surface area contributed by atoms with Gasteiger partial charge in [0, 0.05) is 59.4 Å². The number of benzene rings is 2. The van der Waals surface area contributed by atoms with Crippen LogP contribution in [0, 0.1) is 0 Å². The summed E-state index contributed by atoms with van der Waals surface area (Å²) in [6, 6.07) is 35.2. The van der Waals surface area contributed by atoms with Crippen molar-refractivity contribution in [2.45, 2.75) is 0 Å². The summed E-state index contributed by atoms with van der Waals surface area (Å²) in [4.78, 5) is 89.1. The Morgan fingerprint density at radius 1 is 0.368 bits per heavy atom. The number of carboxylic acid groups (broad SMARTS) is 6. The van der Waals surface area contributed by atoms with Crippen LogP contribution < -0.4 is 20.4 Å². The van der Waals surface area contributed by atoms with Crippen molar-refractivity contribution in [3.05, 3.63) is 204 Å². The Hall–Kier alpha value is -8.59. The number of pyridine rings is 6. The summed E-state index contributed by atoms with van der Waals surface area (Å²) in [5, 5.41) is 61.1. The van der Waals surface area contributed by atoms with Crippen LogP contribution in [-0.4, -0.2) is 75.9 Å². The molecule has 0 fully saturated rings. The third kappa shape index (κ3) is 15.3. The SMILES string of the molecule is O=C(O)c1ccc(-c2ccc(C(=O)[O-])nc2)c(C(=O)[O-])c1.O=C(O)c1ccc(-c2ccc(C(=O)[O-])nc2)c(C(=O)[O-])c1.[Zn+2].[Zn+2].c1ccc(-c2ccccn2)nc1.c1ccc(-c2ccccn2)nc1. The van der Waals surface area contributed by atoms with E-state index in [9.17, 15) is 49.2 Å². The average Bonchev–Trinajstić information content (AvgIpc) is 3.35. The molecule has 0 aliphatic heterocycles. The number of hydrogen-bond donors (Lipinski definition) is 2. The summed E-state index contributed by atoms with van der Waals surface area (Å²) in [5.41, 5.74) is 3.02. The van der Waals surface area contributed by atoms with E-state index in [1.54, 1.807) is 24.8 Å². The van der Waals surface area contributed by atoms with E-state index in [4.69, 9.17) is 10.2 Å². The van der Waals surface area contributed by atoms with Crippen LogP contribution in [0.1, 0.15) is 62.4 Å². The molecule has 0 atom stereocenters. The Morgan fingerprint density at radius 3 is 0.882 bits per heavy atom. The fourth-order valence-electron chi connectivity index (χ4n) is 5.60. The minimum atomic E-state index is -1.54. The van der Waals surface area contributed by atoms with Crippen molar-refractivity contribution in [2.75, 3.05) is 0 Å². The number of aromatic carboxylic acids is 6. The largest absolute Gasteiger partial charge is 2.00 e. The standard InChI is InChI=1S/2C14H9NO6.2C10H8N2.2Zn/c2*16-12(17)7-1-3-9(10(5-7)13(18)19)8-2-4-11(14(20)21)15-6-8;2*1-3-7-11-9(5-1)10-6-2-4-8-12-10;;/h2*1-6H,(H,16,17)(H,18,19)(H,20,21);2*1-8H;;/q;;;;2*+2/p-4. The van der Waals surface area contributed by atoms with Crippen LogP contribution in [0.15, 0.2) is 171 Å². The molecule has 0 aliphatic rings. The fourth-order valence-corrected chi connectivity index (χ4v) is 5.60. The molecule has 0 unspecified atom stereocenters. The van der Waals surface area contributed by atoms with Gasteiger partial charge in [0.1, 0.15) is 0 Å². The molecular formula is C48H30N6O12Zn2. The van der Waals surface area contributed by atoms with Crippen molar-refractivity contribution in [1.82, 2.24) is 29.9 Å². The molecule has 8 aromatic rings. The molecule has 0 amide bonds. The molecule has 0 saturated carbocycles. The van der Waals surface area contributed by atoms with Crippen molar-refractivity contribution < 1.29 is 98.4 Å². The van der Waals surface area contributed by atoms with Crippen molar-refractivity contribution in [1.29, 1.82) is 0 Å². The van der Waals surface area contributed by atoms with E-state index in [2.05, 4.69) is 29.9 Å². The summed E-state index contributed by atoms with van der Waals surface area (Å²) in [6.45, 7) is 0. The monoisotopic (exact) mass is 1010 g/mol. The molecule has 20 heteroatoms. The topological polar surface area (TPSA) is 312 Å². The average molecular weight is 1010 g/mol. The Bertz CT molecular complexity index is 2700. The van der Waals surface area contributed by atoms with E-state index < -0.39 is 35.8 Å². The molecule has 6 aromatic heterocycles. The molecule has 6 heterocycles. The van der Waals surface area contributed by atoms with Crippen molar-refractivity contribution in [2.24, 2.45) is 0 Å². The van der Waals surface area contributed by atoms with Gasteiger partial charge in [-0.15, -0.1) is 0 Å². The number of hydrogen-bond acceptors (Lipinski definition) is 16. The minimum Gasteiger partial charge on any atom is -0.545 e. The molecule has 0 saturated heterocycles. The van der Waals surface area contributed by atoms with Gasteiger partial charge in [-0.05, 0) is 96.1 Å². The predicted octanol–water partition coefficient (Wildman–Crippen LogP) is 2.63. The number of aromatic nitrogens is 6. The zero-order chi connectivity index (χ0) is 47.6. The zero-order valence-corrected chi connectivity index (χ0v) is 41.2. The smallest absolute Gasteiger partial charge is 0.545 e. The molecule has 0 radical (unpaired) electrons. The molecule has 0 aliphatic carbocycles. The molecule has 328 valence electrons. The first-order valence-corrected chi connectivity index (χ1v) is 18.9. The van der Waals surface area contributed by atoms with Crippen LogP contribution in [0.4, 0.5) is 0 Å². The number of carbonyl (C=O) groups is 6. The van der Waals surface area contributed by atoms with Crippen molar-refractivity contribution >= 4 is 35.8 Å². The second kappa shape index (κ2) is 26.4. The quantitative estimate of drug-likeness (QED) is 0.186. The molecule has 18 nitrogen and oxygen atoms in total. The number of carbonyl (C=O) groups excluding carboxylic acids is 4. The maximum absolute atomic E-state index is 11.1. The Kier molecular flexibility index (Phi) is 20.9. The summed E-state index contributed by atoms with van der Waals surface area (Å²) in [5.74, 6) is -8.54. The molecule has 0 spiro atoms. The maximum atomic E-state index is 11.1. The van der Waals surface area contributed by atoms with Gasteiger partial charge in [-0.3, -0.25) is 29.9 Å². The van der Waals surface area contributed by atoms with Crippen LogP contribution in [0.25, 0.3) is 45.0 Å². The van der Waals surface area contributed by atoms with Gasteiger partial charge in [-0.25, -0.2) is 9.59 Å². The van der Waals surface area contributed by atoms with Gasteiger partial charge < -0.3 is 49.8 Å². The van der Waals surface area contributed by atoms with E-state index in [1.807, 2.05) is 72.8 Å². The van der Waals surface area contributed by atoms with Crippen molar-refractivity contribution in [3.8, 4) is 45.0 Å². The van der Waals surface area contributed by atoms with Crippen LogP contribution in [0.5, 0.6) is 0 Å². The molecule has 68 heavy (non-hydrogen) atoms. The van der Waals surface area contributed by atoms with Crippen molar-refractivity contribution in [3.63, 3.8) is 0 Å². The predicted molar refractivity (Wildman–Crippen MR) is 226 cm³/mol. The van der Waals surface area contributed by atoms with Crippen LogP contribution >= 0.6 is 0 Å². The zero-order valence-electron chi connectivity index (χ0n) is 35.2. The molecule has 8 rings (SSSR count). The number of rotatable bonds is 10. The third-order valence-corrected chi connectivity index (χ3v) is 8.72. The van der Waals surface area contributed by atoms with E-state index in [-0.39, 0.29) is 83.7 Å². The molecule has 2 aromatic carbocycles. The van der Waals surface area contributed by atoms with Gasteiger partial charge in [-0.1, -0.05) is 48.5 Å². The van der Waals surface area contributed by atoms with Gasteiger partial charge in [0.25, 0.3) is 0 Å². The second-order valence-electron chi connectivity index (χ2n) is 13.0. The maximum Gasteiger partial charge on any atom is 2.00 e. The van der Waals surface area contributed by atoms with Gasteiger partial charge in [0.05, 0.1) is 69.2 Å². The Morgan fingerprint density at radius 2 is 0.676 bits per heavy atom. The van der Waals surface area contributed by atoms with Gasteiger partial charge in [0.2, 0.25) is 0 Å². The third-order valence-electron chi connectivity index (χ3n) is 8.72. The van der Waals surface area contributed by atoms with Gasteiger partial charge in [0.15, 0.2) is 0 Å².